The van der Waals surface area contributed by atoms with Gasteiger partial charge in [0.2, 0.25) is 0 Å². The Hall–Kier alpha value is -3.49. The van der Waals surface area contributed by atoms with Gasteiger partial charge in [-0.25, -0.2) is 18.3 Å². The standard InChI is InChI=1S/C23H22F2N6O/c1-13-5-7-30(22(32)16-9-18-15(8-14(16)2)4-3-6-26-18)11-17(13)20-10-19(21(24)25)29-23-27-12-28-31(20)23/h3-4,6,8-10,12-13,17,21H,5,7,11H2,1-2H3/t13-,17-/m1/s1. The highest BCUT2D eigenvalue weighted by molar-refractivity contribution is 5.99. The molecular weight excluding hydrogens is 414 g/mol. The molecule has 7 nitrogen and oxygen atoms in total. The molecule has 4 aromatic rings. The summed E-state index contributed by atoms with van der Waals surface area (Å²) in [6.07, 6.45) is 1.06. The fourth-order valence-corrected chi connectivity index (χ4v) is 4.50. The van der Waals surface area contributed by atoms with Crippen molar-refractivity contribution in [1.29, 1.82) is 0 Å². The number of piperidine rings is 1. The number of likely N-dealkylation sites (tertiary alicyclic amines) is 1. The molecule has 0 aliphatic carbocycles. The molecule has 5 rings (SSSR count). The van der Waals surface area contributed by atoms with Gasteiger partial charge in [-0.15, -0.1) is 0 Å². The lowest BCUT2D eigenvalue weighted by Crippen LogP contribution is -2.43. The fourth-order valence-electron chi connectivity index (χ4n) is 4.50. The number of alkyl halides is 2. The first kappa shape index (κ1) is 20.4. The summed E-state index contributed by atoms with van der Waals surface area (Å²) < 4.78 is 28.4. The molecule has 1 aliphatic heterocycles. The number of carbonyl (C=O) groups excluding carboxylic acids is 1. The Kier molecular flexibility index (Phi) is 5.03. The van der Waals surface area contributed by atoms with E-state index in [4.69, 9.17) is 0 Å². The van der Waals surface area contributed by atoms with Crippen LogP contribution < -0.4 is 0 Å². The molecule has 1 aliphatic rings. The Bertz CT molecular complexity index is 1320. The van der Waals surface area contributed by atoms with Crippen LogP contribution in [0.1, 0.15) is 53.0 Å². The van der Waals surface area contributed by atoms with E-state index in [1.165, 1.54) is 16.9 Å². The van der Waals surface area contributed by atoms with E-state index in [9.17, 15) is 13.6 Å². The molecule has 32 heavy (non-hydrogen) atoms. The molecule has 0 bridgehead atoms. The zero-order valence-corrected chi connectivity index (χ0v) is 17.7. The van der Waals surface area contributed by atoms with E-state index in [2.05, 4.69) is 27.0 Å². The third-order valence-corrected chi connectivity index (χ3v) is 6.33. The Morgan fingerprint density at radius 1 is 1.22 bits per heavy atom. The van der Waals surface area contributed by atoms with Crippen molar-refractivity contribution < 1.29 is 13.6 Å². The highest BCUT2D eigenvalue weighted by Gasteiger charge is 2.33. The molecule has 0 spiro atoms. The van der Waals surface area contributed by atoms with Crippen molar-refractivity contribution in [3.8, 4) is 0 Å². The number of hydrogen-bond acceptors (Lipinski definition) is 5. The minimum Gasteiger partial charge on any atom is -0.338 e. The summed E-state index contributed by atoms with van der Waals surface area (Å²) in [6.45, 7) is 4.99. The third kappa shape index (κ3) is 3.47. The summed E-state index contributed by atoms with van der Waals surface area (Å²) in [5.74, 6) is 0.0739. The van der Waals surface area contributed by atoms with Crippen molar-refractivity contribution in [2.45, 2.75) is 32.6 Å². The Balaban J connectivity index is 1.50. The maximum absolute atomic E-state index is 13.5. The van der Waals surface area contributed by atoms with Crippen LogP contribution >= 0.6 is 0 Å². The Morgan fingerprint density at radius 3 is 2.88 bits per heavy atom. The SMILES string of the molecule is Cc1cc2cccnc2cc1C(=O)N1CC[C@@H](C)[C@H](c2cc(C(F)F)nc3ncnn23)C1. The van der Waals surface area contributed by atoms with Crippen LogP contribution in [-0.2, 0) is 0 Å². The highest BCUT2D eigenvalue weighted by Crippen LogP contribution is 2.34. The van der Waals surface area contributed by atoms with E-state index >= 15 is 0 Å². The lowest BCUT2D eigenvalue weighted by atomic mass is 9.84. The second-order valence-electron chi connectivity index (χ2n) is 8.37. The van der Waals surface area contributed by atoms with Crippen molar-refractivity contribution >= 4 is 22.6 Å². The molecule has 2 atom stereocenters. The van der Waals surface area contributed by atoms with Crippen LogP contribution in [0.25, 0.3) is 16.7 Å². The quantitative estimate of drug-likeness (QED) is 0.482. The highest BCUT2D eigenvalue weighted by atomic mass is 19.3. The van der Waals surface area contributed by atoms with E-state index < -0.39 is 6.43 Å². The molecule has 1 fully saturated rings. The topological polar surface area (TPSA) is 76.3 Å². The van der Waals surface area contributed by atoms with Crippen LogP contribution in [0.4, 0.5) is 8.78 Å². The summed E-state index contributed by atoms with van der Waals surface area (Å²) in [4.78, 5) is 27.6. The number of halogens is 2. The molecule has 0 saturated carbocycles. The maximum atomic E-state index is 13.5. The van der Waals surface area contributed by atoms with E-state index in [1.54, 1.807) is 11.1 Å². The summed E-state index contributed by atoms with van der Waals surface area (Å²) in [7, 11) is 0. The number of benzene rings is 1. The average molecular weight is 436 g/mol. The molecule has 164 valence electrons. The van der Waals surface area contributed by atoms with Gasteiger partial charge in [-0.1, -0.05) is 13.0 Å². The van der Waals surface area contributed by atoms with Crippen LogP contribution in [-0.4, -0.2) is 48.5 Å². The van der Waals surface area contributed by atoms with E-state index in [1.807, 2.05) is 31.2 Å². The summed E-state index contributed by atoms with van der Waals surface area (Å²) >= 11 is 0. The molecular formula is C23H22F2N6O. The number of aromatic nitrogens is 5. The molecule has 4 heterocycles. The van der Waals surface area contributed by atoms with Crippen molar-refractivity contribution in [1.82, 2.24) is 29.5 Å². The number of hydrogen-bond donors (Lipinski definition) is 0. The first-order chi connectivity index (χ1) is 15.4. The third-order valence-electron chi connectivity index (χ3n) is 6.33. The average Bonchev–Trinajstić information content (AvgIpc) is 3.27. The molecule has 0 radical (unpaired) electrons. The summed E-state index contributed by atoms with van der Waals surface area (Å²) in [6, 6.07) is 9.03. The molecule has 3 aromatic heterocycles. The number of pyridine rings is 1. The van der Waals surface area contributed by atoms with Crippen LogP contribution in [0.5, 0.6) is 0 Å². The van der Waals surface area contributed by atoms with Crippen LogP contribution in [0, 0.1) is 12.8 Å². The molecule has 1 saturated heterocycles. The molecule has 9 heteroatoms. The number of fused-ring (bicyclic) bond motifs is 2. The fraction of sp³-hybridized carbons (Fsp3) is 0.348. The number of nitrogens with zero attached hydrogens (tertiary/aromatic N) is 6. The number of carbonyl (C=O) groups is 1. The zero-order chi connectivity index (χ0) is 22.4. The second kappa shape index (κ2) is 7.89. The van der Waals surface area contributed by atoms with E-state index in [0.717, 1.165) is 22.9 Å². The monoisotopic (exact) mass is 436 g/mol. The summed E-state index contributed by atoms with van der Waals surface area (Å²) in [5.41, 5.74) is 2.53. The Morgan fingerprint density at radius 2 is 2.06 bits per heavy atom. The van der Waals surface area contributed by atoms with Gasteiger partial charge in [0.25, 0.3) is 18.1 Å². The Labute approximate surface area is 183 Å². The second-order valence-corrected chi connectivity index (χ2v) is 8.37. The largest absolute Gasteiger partial charge is 0.338 e. The molecule has 0 unspecified atom stereocenters. The molecule has 0 N–H and O–H groups in total. The van der Waals surface area contributed by atoms with Crippen molar-refractivity contribution in [3.63, 3.8) is 0 Å². The van der Waals surface area contributed by atoms with Crippen molar-refractivity contribution in [2.24, 2.45) is 5.92 Å². The van der Waals surface area contributed by atoms with Gasteiger partial charge in [-0.2, -0.15) is 10.1 Å². The van der Waals surface area contributed by atoms with Gasteiger partial charge >= 0.3 is 0 Å². The van der Waals surface area contributed by atoms with Crippen molar-refractivity contribution in [2.75, 3.05) is 13.1 Å². The maximum Gasteiger partial charge on any atom is 0.280 e. The first-order valence-corrected chi connectivity index (χ1v) is 10.6. The zero-order valence-electron chi connectivity index (χ0n) is 17.7. The van der Waals surface area contributed by atoms with E-state index in [-0.39, 0.29) is 29.2 Å². The summed E-state index contributed by atoms with van der Waals surface area (Å²) in [5, 5.41) is 5.17. The number of amides is 1. The molecule has 1 aromatic carbocycles. The van der Waals surface area contributed by atoms with Gasteiger partial charge in [-0.3, -0.25) is 9.78 Å². The molecule has 1 amide bonds. The van der Waals surface area contributed by atoms with Gasteiger partial charge in [0.1, 0.15) is 12.0 Å². The van der Waals surface area contributed by atoms with Crippen LogP contribution in [0.15, 0.2) is 42.9 Å². The minimum absolute atomic E-state index is 0.0788. The van der Waals surface area contributed by atoms with E-state index in [0.29, 0.717) is 24.3 Å². The van der Waals surface area contributed by atoms with Gasteiger partial charge in [0, 0.05) is 36.2 Å². The lowest BCUT2D eigenvalue weighted by Gasteiger charge is -2.37. The lowest BCUT2D eigenvalue weighted by molar-refractivity contribution is 0.0665. The first-order valence-electron chi connectivity index (χ1n) is 10.6. The number of rotatable bonds is 3. The van der Waals surface area contributed by atoms with Gasteiger partial charge < -0.3 is 4.90 Å². The number of aryl methyl sites for hydroxylation is 1. The van der Waals surface area contributed by atoms with Gasteiger partial charge in [0.15, 0.2) is 0 Å². The predicted octanol–water partition coefficient (Wildman–Crippen LogP) is 4.18. The van der Waals surface area contributed by atoms with Crippen LogP contribution in [0.2, 0.25) is 0 Å². The minimum atomic E-state index is -2.71. The van der Waals surface area contributed by atoms with Gasteiger partial charge in [0.05, 0.1) is 11.2 Å². The normalized spacial score (nSPS) is 19.2. The van der Waals surface area contributed by atoms with Crippen LogP contribution in [0.3, 0.4) is 0 Å². The predicted molar refractivity (Wildman–Crippen MR) is 115 cm³/mol. The smallest absolute Gasteiger partial charge is 0.280 e. The van der Waals surface area contributed by atoms with Crippen molar-refractivity contribution in [3.05, 3.63) is 65.4 Å². The van der Waals surface area contributed by atoms with Gasteiger partial charge in [-0.05, 0) is 49.1 Å².